The summed E-state index contributed by atoms with van der Waals surface area (Å²) in [7, 11) is 1.77. The van der Waals surface area contributed by atoms with Crippen molar-refractivity contribution in [2.45, 2.75) is 12.5 Å². The third kappa shape index (κ3) is 4.76. The first kappa shape index (κ1) is 11.9. The average molecular weight is 213 g/mol. The molecule has 0 heterocycles. The molecule has 4 heteroatoms. The Morgan fingerprint density at radius 1 is 1.53 bits per heavy atom. The van der Waals surface area contributed by atoms with E-state index in [9.17, 15) is 9.50 Å². The van der Waals surface area contributed by atoms with Gasteiger partial charge in [0.25, 0.3) is 0 Å². The first-order valence-electron chi connectivity index (χ1n) is 4.93. The van der Waals surface area contributed by atoms with Crippen LogP contribution >= 0.6 is 0 Å². The van der Waals surface area contributed by atoms with Gasteiger partial charge in [-0.3, -0.25) is 0 Å². The highest BCUT2D eigenvalue weighted by Crippen LogP contribution is 2.12. The molecule has 1 aromatic rings. The zero-order chi connectivity index (χ0) is 11.1. The molecule has 0 aliphatic rings. The summed E-state index contributed by atoms with van der Waals surface area (Å²) in [6.45, 7) is 0.915. The van der Waals surface area contributed by atoms with Gasteiger partial charge in [-0.2, -0.15) is 0 Å². The van der Waals surface area contributed by atoms with Crippen LogP contribution in [0.1, 0.15) is 6.42 Å². The molecule has 0 aliphatic heterocycles. The molecule has 2 N–H and O–H groups in total. The fourth-order valence-electron chi connectivity index (χ4n) is 1.21. The smallest absolute Gasteiger partial charge is 0.126 e. The standard InChI is InChI=1S/C11H16FNO2/c1-13-8-10(14)5-6-15-11-4-2-3-9(12)7-11/h2-4,7,10,13-14H,5-6,8H2,1H3. The SMILES string of the molecule is CNCC(O)CCOc1cccc(F)c1. The van der Waals surface area contributed by atoms with Gasteiger partial charge in [0, 0.05) is 19.0 Å². The topological polar surface area (TPSA) is 41.5 Å². The molecule has 1 atom stereocenters. The molecule has 1 rings (SSSR count). The van der Waals surface area contributed by atoms with Crippen molar-refractivity contribution in [1.82, 2.24) is 5.32 Å². The van der Waals surface area contributed by atoms with Crippen molar-refractivity contribution in [3.05, 3.63) is 30.1 Å². The van der Waals surface area contributed by atoms with Crippen LogP contribution in [0.4, 0.5) is 4.39 Å². The van der Waals surface area contributed by atoms with Crippen LogP contribution in [0, 0.1) is 5.82 Å². The molecule has 1 aromatic carbocycles. The Labute approximate surface area is 88.9 Å². The lowest BCUT2D eigenvalue weighted by molar-refractivity contribution is 0.139. The van der Waals surface area contributed by atoms with Crippen LogP contribution in [0.5, 0.6) is 5.75 Å². The minimum Gasteiger partial charge on any atom is -0.493 e. The second-order valence-electron chi connectivity index (χ2n) is 3.31. The van der Waals surface area contributed by atoms with Gasteiger partial charge in [0.2, 0.25) is 0 Å². The van der Waals surface area contributed by atoms with Crippen molar-refractivity contribution in [3.63, 3.8) is 0 Å². The van der Waals surface area contributed by atoms with E-state index in [0.29, 0.717) is 25.3 Å². The molecular weight excluding hydrogens is 197 g/mol. The summed E-state index contributed by atoms with van der Waals surface area (Å²) in [6, 6.07) is 5.97. The van der Waals surface area contributed by atoms with Gasteiger partial charge in [0.05, 0.1) is 12.7 Å². The van der Waals surface area contributed by atoms with Crippen molar-refractivity contribution in [3.8, 4) is 5.75 Å². The van der Waals surface area contributed by atoms with Gasteiger partial charge >= 0.3 is 0 Å². The number of aliphatic hydroxyl groups excluding tert-OH is 1. The predicted molar refractivity (Wildman–Crippen MR) is 56.4 cm³/mol. The Kier molecular flexibility index (Phi) is 5.07. The Bertz CT molecular complexity index is 294. The molecule has 15 heavy (non-hydrogen) atoms. The Morgan fingerprint density at radius 2 is 2.33 bits per heavy atom. The zero-order valence-electron chi connectivity index (χ0n) is 8.74. The summed E-state index contributed by atoms with van der Waals surface area (Å²) in [4.78, 5) is 0. The number of hydrogen-bond donors (Lipinski definition) is 2. The summed E-state index contributed by atoms with van der Waals surface area (Å²) >= 11 is 0. The number of ether oxygens (including phenoxy) is 1. The molecule has 84 valence electrons. The van der Waals surface area contributed by atoms with Gasteiger partial charge in [0.1, 0.15) is 11.6 Å². The van der Waals surface area contributed by atoms with Gasteiger partial charge in [-0.15, -0.1) is 0 Å². The summed E-state index contributed by atoms with van der Waals surface area (Å²) < 4.78 is 18.0. The molecule has 0 fully saturated rings. The van der Waals surface area contributed by atoms with Crippen LogP contribution in [0.15, 0.2) is 24.3 Å². The summed E-state index contributed by atoms with van der Waals surface area (Å²) in [5.41, 5.74) is 0. The maximum atomic E-state index is 12.7. The van der Waals surface area contributed by atoms with Crippen LogP contribution in [-0.4, -0.2) is 31.4 Å². The van der Waals surface area contributed by atoms with Gasteiger partial charge in [-0.1, -0.05) is 6.07 Å². The molecule has 0 radical (unpaired) electrons. The van der Waals surface area contributed by atoms with Crippen molar-refractivity contribution in [2.24, 2.45) is 0 Å². The molecular formula is C11H16FNO2. The van der Waals surface area contributed by atoms with Gasteiger partial charge in [-0.25, -0.2) is 4.39 Å². The molecule has 1 unspecified atom stereocenters. The Balaban J connectivity index is 2.25. The third-order valence-corrected chi connectivity index (χ3v) is 1.96. The zero-order valence-corrected chi connectivity index (χ0v) is 8.74. The van der Waals surface area contributed by atoms with Crippen LogP contribution in [0.2, 0.25) is 0 Å². The lowest BCUT2D eigenvalue weighted by atomic mass is 10.2. The van der Waals surface area contributed by atoms with E-state index >= 15 is 0 Å². The van der Waals surface area contributed by atoms with E-state index in [2.05, 4.69) is 5.32 Å². The summed E-state index contributed by atoms with van der Waals surface area (Å²) in [5, 5.41) is 12.2. The van der Waals surface area contributed by atoms with Crippen molar-refractivity contribution in [1.29, 1.82) is 0 Å². The number of halogens is 1. The quantitative estimate of drug-likeness (QED) is 0.745. The van der Waals surface area contributed by atoms with E-state index < -0.39 is 6.10 Å². The lowest BCUT2D eigenvalue weighted by Gasteiger charge is -2.10. The molecule has 3 nitrogen and oxygen atoms in total. The number of benzene rings is 1. The van der Waals surface area contributed by atoms with E-state index in [4.69, 9.17) is 4.74 Å². The summed E-state index contributed by atoms with van der Waals surface area (Å²) in [5.74, 6) is 0.176. The second kappa shape index (κ2) is 6.37. The highest BCUT2D eigenvalue weighted by Gasteiger charge is 2.02. The fraction of sp³-hybridized carbons (Fsp3) is 0.455. The Morgan fingerprint density at radius 3 is 3.00 bits per heavy atom. The van der Waals surface area contributed by atoms with Gasteiger partial charge in [-0.05, 0) is 19.2 Å². The van der Waals surface area contributed by atoms with E-state index in [1.807, 2.05) is 0 Å². The van der Waals surface area contributed by atoms with Crippen molar-refractivity contribution < 1.29 is 14.2 Å². The number of rotatable bonds is 6. The highest BCUT2D eigenvalue weighted by atomic mass is 19.1. The minimum atomic E-state index is -0.427. The maximum Gasteiger partial charge on any atom is 0.126 e. The van der Waals surface area contributed by atoms with Crippen molar-refractivity contribution in [2.75, 3.05) is 20.2 Å². The third-order valence-electron chi connectivity index (χ3n) is 1.96. The molecule has 0 saturated carbocycles. The largest absolute Gasteiger partial charge is 0.493 e. The van der Waals surface area contributed by atoms with E-state index in [0.717, 1.165) is 0 Å². The molecule has 0 bridgehead atoms. The molecule has 0 aliphatic carbocycles. The number of likely N-dealkylation sites (N-methyl/N-ethyl adjacent to an activating group) is 1. The molecule has 0 aromatic heterocycles. The number of hydrogen-bond acceptors (Lipinski definition) is 3. The minimum absolute atomic E-state index is 0.316. The number of nitrogens with one attached hydrogen (secondary N) is 1. The van der Waals surface area contributed by atoms with Crippen LogP contribution < -0.4 is 10.1 Å². The van der Waals surface area contributed by atoms with Gasteiger partial charge in [0.15, 0.2) is 0 Å². The van der Waals surface area contributed by atoms with E-state index in [1.165, 1.54) is 12.1 Å². The molecule has 0 amide bonds. The normalized spacial score (nSPS) is 12.5. The first-order valence-corrected chi connectivity index (χ1v) is 4.93. The first-order chi connectivity index (χ1) is 7.22. The van der Waals surface area contributed by atoms with Crippen LogP contribution in [0.25, 0.3) is 0 Å². The second-order valence-corrected chi connectivity index (χ2v) is 3.31. The lowest BCUT2D eigenvalue weighted by Crippen LogP contribution is -2.25. The van der Waals surface area contributed by atoms with Crippen LogP contribution in [0.3, 0.4) is 0 Å². The highest BCUT2D eigenvalue weighted by molar-refractivity contribution is 5.22. The Hall–Kier alpha value is -1.13. The van der Waals surface area contributed by atoms with Gasteiger partial charge < -0.3 is 15.2 Å². The summed E-state index contributed by atoms with van der Waals surface area (Å²) in [6.07, 6.45) is 0.0979. The predicted octanol–water partition coefficient (Wildman–Crippen LogP) is 1.17. The average Bonchev–Trinajstić information content (AvgIpc) is 2.18. The maximum absolute atomic E-state index is 12.7. The van der Waals surface area contributed by atoms with Crippen molar-refractivity contribution >= 4 is 0 Å². The number of aliphatic hydroxyl groups is 1. The van der Waals surface area contributed by atoms with E-state index in [-0.39, 0.29) is 5.82 Å². The van der Waals surface area contributed by atoms with Crippen LogP contribution in [-0.2, 0) is 0 Å². The fourth-order valence-corrected chi connectivity index (χ4v) is 1.21. The molecule has 0 saturated heterocycles. The van der Waals surface area contributed by atoms with E-state index in [1.54, 1.807) is 19.2 Å². The monoisotopic (exact) mass is 213 g/mol. The molecule has 0 spiro atoms.